The van der Waals surface area contributed by atoms with Crippen molar-refractivity contribution in [2.75, 3.05) is 12.8 Å². The smallest absolute Gasteiger partial charge is 0.328 e. The first-order chi connectivity index (χ1) is 6.95. The monoisotopic (exact) mass is 229 g/mol. The molecule has 1 aromatic carbocycles. The van der Waals surface area contributed by atoms with Crippen molar-refractivity contribution in [2.45, 2.75) is 4.90 Å². The maximum absolute atomic E-state index is 11.5. The van der Waals surface area contributed by atoms with Crippen molar-refractivity contribution < 1.29 is 13.2 Å². The number of carbonyl (C=O) groups excluding carboxylic acids is 1. The van der Waals surface area contributed by atoms with Gasteiger partial charge in [-0.05, 0) is 18.2 Å². The molecule has 2 amide bonds. The summed E-state index contributed by atoms with van der Waals surface area (Å²) < 4.78 is 24.9. The fourth-order valence-corrected chi connectivity index (χ4v) is 1.93. The van der Waals surface area contributed by atoms with Gasteiger partial charge in [0.15, 0.2) is 0 Å². The normalized spacial score (nSPS) is 10.7. The molecule has 0 saturated heterocycles. The second-order valence-electron chi connectivity index (χ2n) is 2.76. The molecule has 0 atom stereocenters. The van der Waals surface area contributed by atoms with E-state index in [1.54, 1.807) is 6.07 Å². The minimum atomic E-state index is -3.84. The van der Waals surface area contributed by atoms with Gasteiger partial charge in [-0.2, -0.15) is 0 Å². The Morgan fingerprint density at radius 3 is 2.60 bits per heavy atom. The SMILES string of the molecule is CNC(=O)NS(=O)(=O)c1cccc(N)c1. The Kier molecular flexibility index (Phi) is 3.15. The molecule has 4 N–H and O–H groups in total. The second kappa shape index (κ2) is 4.18. The standard InChI is InChI=1S/C8H11N3O3S/c1-10-8(12)11-15(13,14)7-4-2-3-6(9)5-7/h2-5H,9H2,1H3,(H2,10,11,12). The second-order valence-corrected chi connectivity index (χ2v) is 4.44. The lowest BCUT2D eigenvalue weighted by Crippen LogP contribution is -2.37. The van der Waals surface area contributed by atoms with Gasteiger partial charge in [-0.25, -0.2) is 17.9 Å². The molecule has 0 aliphatic carbocycles. The zero-order chi connectivity index (χ0) is 11.5. The van der Waals surface area contributed by atoms with Gasteiger partial charge in [0, 0.05) is 12.7 Å². The van der Waals surface area contributed by atoms with Crippen LogP contribution >= 0.6 is 0 Å². The topological polar surface area (TPSA) is 101 Å². The lowest BCUT2D eigenvalue weighted by molar-refractivity contribution is 0.248. The molecular formula is C8H11N3O3S. The van der Waals surface area contributed by atoms with Gasteiger partial charge < -0.3 is 11.1 Å². The van der Waals surface area contributed by atoms with Gasteiger partial charge in [-0.1, -0.05) is 6.07 Å². The molecule has 0 spiro atoms. The maximum atomic E-state index is 11.5. The van der Waals surface area contributed by atoms with Crippen LogP contribution in [0.5, 0.6) is 0 Å². The summed E-state index contributed by atoms with van der Waals surface area (Å²) in [6, 6.07) is 4.87. The molecule has 0 aliphatic rings. The predicted molar refractivity (Wildman–Crippen MR) is 55.6 cm³/mol. The molecule has 82 valence electrons. The van der Waals surface area contributed by atoms with E-state index in [4.69, 9.17) is 5.73 Å². The van der Waals surface area contributed by atoms with Crippen molar-refractivity contribution in [3.63, 3.8) is 0 Å². The van der Waals surface area contributed by atoms with Crippen molar-refractivity contribution in [3.8, 4) is 0 Å². The molecule has 1 aromatic rings. The van der Waals surface area contributed by atoms with Crippen LogP contribution in [0.2, 0.25) is 0 Å². The largest absolute Gasteiger partial charge is 0.399 e. The maximum Gasteiger partial charge on any atom is 0.328 e. The number of amides is 2. The Hall–Kier alpha value is -1.76. The first-order valence-corrected chi connectivity index (χ1v) is 5.54. The van der Waals surface area contributed by atoms with Gasteiger partial charge in [-0.3, -0.25) is 0 Å². The van der Waals surface area contributed by atoms with Crippen LogP contribution in [0, 0.1) is 0 Å². The lowest BCUT2D eigenvalue weighted by Gasteiger charge is -2.06. The fourth-order valence-electron chi connectivity index (χ4n) is 0.914. The van der Waals surface area contributed by atoms with E-state index in [0.717, 1.165) is 0 Å². The van der Waals surface area contributed by atoms with Crippen LogP contribution in [-0.2, 0) is 10.0 Å². The summed E-state index contributed by atoms with van der Waals surface area (Å²) >= 11 is 0. The van der Waals surface area contributed by atoms with Gasteiger partial charge in [0.05, 0.1) is 4.90 Å². The number of urea groups is 1. The number of carbonyl (C=O) groups is 1. The summed E-state index contributed by atoms with van der Waals surface area (Å²) in [6.45, 7) is 0. The Labute approximate surface area is 87.5 Å². The van der Waals surface area contributed by atoms with E-state index in [2.05, 4.69) is 5.32 Å². The van der Waals surface area contributed by atoms with Gasteiger partial charge in [0.2, 0.25) is 0 Å². The molecule has 15 heavy (non-hydrogen) atoms. The Morgan fingerprint density at radius 2 is 2.07 bits per heavy atom. The van der Waals surface area contributed by atoms with E-state index in [1.165, 1.54) is 25.2 Å². The third-order valence-corrected chi connectivity index (χ3v) is 2.95. The molecule has 0 unspecified atom stereocenters. The minimum Gasteiger partial charge on any atom is -0.399 e. The highest BCUT2D eigenvalue weighted by molar-refractivity contribution is 7.90. The highest BCUT2D eigenvalue weighted by Crippen LogP contribution is 2.12. The van der Waals surface area contributed by atoms with E-state index >= 15 is 0 Å². The molecule has 0 bridgehead atoms. The van der Waals surface area contributed by atoms with E-state index in [0.29, 0.717) is 5.69 Å². The summed E-state index contributed by atoms with van der Waals surface area (Å²) in [5.74, 6) is 0. The van der Waals surface area contributed by atoms with Gasteiger partial charge >= 0.3 is 6.03 Å². The molecular weight excluding hydrogens is 218 g/mol. The summed E-state index contributed by atoms with van der Waals surface area (Å²) in [6.07, 6.45) is 0. The number of sulfonamides is 1. The molecule has 0 aromatic heterocycles. The highest BCUT2D eigenvalue weighted by Gasteiger charge is 2.16. The average Bonchev–Trinajstić information content (AvgIpc) is 2.17. The molecule has 0 fully saturated rings. The van der Waals surface area contributed by atoms with Crippen LogP contribution in [0.25, 0.3) is 0 Å². The summed E-state index contributed by atoms with van der Waals surface area (Å²) in [7, 11) is -2.51. The van der Waals surface area contributed by atoms with Crippen molar-refractivity contribution in [2.24, 2.45) is 0 Å². The number of anilines is 1. The van der Waals surface area contributed by atoms with Crippen LogP contribution in [0.1, 0.15) is 0 Å². The number of nitrogen functional groups attached to an aromatic ring is 1. The van der Waals surface area contributed by atoms with Crippen LogP contribution in [-0.4, -0.2) is 21.5 Å². The Bertz CT molecular complexity index is 470. The van der Waals surface area contributed by atoms with Crippen molar-refractivity contribution in [1.82, 2.24) is 10.0 Å². The lowest BCUT2D eigenvalue weighted by atomic mass is 10.3. The Balaban J connectivity index is 3.01. The van der Waals surface area contributed by atoms with Crippen LogP contribution in [0.3, 0.4) is 0 Å². The van der Waals surface area contributed by atoms with E-state index < -0.39 is 16.1 Å². The zero-order valence-corrected chi connectivity index (χ0v) is 8.84. The third kappa shape index (κ3) is 2.84. The summed E-state index contributed by atoms with van der Waals surface area (Å²) in [5, 5.41) is 2.14. The third-order valence-electron chi connectivity index (χ3n) is 1.62. The number of benzene rings is 1. The fraction of sp³-hybridized carbons (Fsp3) is 0.125. The summed E-state index contributed by atoms with van der Waals surface area (Å²) in [5.41, 5.74) is 5.74. The molecule has 0 saturated carbocycles. The molecule has 7 heteroatoms. The number of nitrogens with two attached hydrogens (primary N) is 1. The van der Waals surface area contributed by atoms with Crippen LogP contribution in [0.4, 0.5) is 10.5 Å². The zero-order valence-electron chi connectivity index (χ0n) is 8.02. The first-order valence-electron chi connectivity index (χ1n) is 4.06. The molecule has 0 heterocycles. The van der Waals surface area contributed by atoms with Gasteiger partial charge in [0.25, 0.3) is 10.0 Å². The predicted octanol–water partition coefficient (Wildman–Crippen LogP) is -0.114. The van der Waals surface area contributed by atoms with Gasteiger partial charge in [0.1, 0.15) is 0 Å². The average molecular weight is 229 g/mol. The number of nitrogens with one attached hydrogen (secondary N) is 2. The van der Waals surface area contributed by atoms with E-state index in [9.17, 15) is 13.2 Å². The van der Waals surface area contributed by atoms with Crippen LogP contribution < -0.4 is 15.8 Å². The minimum absolute atomic E-state index is 0.0499. The highest BCUT2D eigenvalue weighted by atomic mass is 32.2. The molecule has 6 nitrogen and oxygen atoms in total. The molecule has 0 radical (unpaired) electrons. The van der Waals surface area contributed by atoms with Gasteiger partial charge in [-0.15, -0.1) is 0 Å². The quantitative estimate of drug-likeness (QED) is 0.615. The van der Waals surface area contributed by atoms with E-state index in [1.807, 2.05) is 4.72 Å². The molecule has 1 rings (SSSR count). The number of hydrogen-bond acceptors (Lipinski definition) is 4. The Morgan fingerprint density at radius 1 is 1.40 bits per heavy atom. The van der Waals surface area contributed by atoms with Crippen molar-refractivity contribution in [1.29, 1.82) is 0 Å². The first kappa shape index (κ1) is 11.3. The van der Waals surface area contributed by atoms with Crippen molar-refractivity contribution in [3.05, 3.63) is 24.3 Å². The molecule has 0 aliphatic heterocycles. The summed E-state index contributed by atoms with van der Waals surface area (Å²) in [4.78, 5) is 10.8. The van der Waals surface area contributed by atoms with Crippen LogP contribution in [0.15, 0.2) is 29.2 Å². The van der Waals surface area contributed by atoms with E-state index in [-0.39, 0.29) is 4.90 Å². The van der Waals surface area contributed by atoms with Crippen molar-refractivity contribution >= 4 is 21.7 Å². The number of rotatable bonds is 2. The number of hydrogen-bond donors (Lipinski definition) is 3.